The minimum Gasteiger partial charge on any atom is -0.507 e. The van der Waals surface area contributed by atoms with E-state index in [-0.39, 0.29) is 11.3 Å². The molecule has 9 nitrogen and oxygen atoms in total. The summed E-state index contributed by atoms with van der Waals surface area (Å²) in [6.45, 7) is 5.74. The number of ketones is 1. The van der Waals surface area contributed by atoms with E-state index < -0.39 is 17.7 Å². The van der Waals surface area contributed by atoms with E-state index in [2.05, 4.69) is 0 Å². The summed E-state index contributed by atoms with van der Waals surface area (Å²) in [5.41, 5.74) is 1.56. The summed E-state index contributed by atoms with van der Waals surface area (Å²) in [5.74, 6) is 0.388. The number of ether oxygens (including phenoxy) is 4. The first kappa shape index (κ1) is 26.6. The van der Waals surface area contributed by atoms with Crippen LogP contribution in [0, 0.1) is 0 Å². The highest BCUT2D eigenvalue weighted by Crippen LogP contribution is 2.46. The van der Waals surface area contributed by atoms with Crippen LogP contribution in [0.2, 0.25) is 0 Å². The maximum absolute atomic E-state index is 13.7. The minimum atomic E-state index is -0.944. The van der Waals surface area contributed by atoms with Gasteiger partial charge >= 0.3 is 5.91 Å². The molecule has 1 saturated heterocycles. The zero-order chi connectivity index (χ0) is 28.5. The van der Waals surface area contributed by atoms with Gasteiger partial charge in [-0.1, -0.05) is 30.4 Å². The normalized spacial score (nSPS) is 17.7. The molecule has 210 valence electrons. The summed E-state index contributed by atoms with van der Waals surface area (Å²) >= 11 is 1.27. The van der Waals surface area contributed by atoms with Gasteiger partial charge in [-0.25, -0.2) is 4.98 Å². The lowest BCUT2D eigenvalue weighted by Gasteiger charge is -2.23. The van der Waals surface area contributed by atoms with E-state index in [1.54, 1.807) is 36.4 Å². The average Bonchev–Trinajstić information content (AvgIpc) is 3.53. The molecule has 3 aromatic carbocycles. The molecule has 0 saturated carbocycles. The van der Waals surface area contributed by atoms with Crippen molar-refractivity contribution in [1.82, 2.24) is 4.98 Å². The molecular formula is C31H28N2O7S. The second-order valence-corrected chi connectivity index (χ2v) is 10.5. The lowest BCUT2D eigenvalue weighted by Crippen LogP contribution is -2.29. The molecule has 0 radical (unpaired) electrons. The van der Waals surface area contributed by atoms with Crippen LogP contribution in [0.5, 0.6) is 23.0 Å². The number of benzene rings is 3. The van der Waals surface area contributed by atoms with Gasteiger partial charge in [0.25, 0.3) is 5.78 Å². The summed E-state index contributed by atoms with van der Waals surface area (Å²) < 4.78 is 23.6. The van der Waals surface area contributed by atoms with Crippen molar-refractivity contribution >= 4 is 44.1 Å². The molecule has 4 aromatic rings. The summed E-state index contributed by atoms with van der Waals surface area (Å²) in [5, 5.41) is 11.9. The third-order valence-electron chi connectivity index (χ3n) is 6.77. The number of carbonyl (C=O) groups excluding carboxylic acids is 2. The fraction of sp³-hybridized carbons (Fsp3) is 0.258. The van der Waals surface area contributed by atoms with Crippen LogP contribution in [0.25, 0.3) is 16.0 Å². The molecule has 1 amide bonds. The average molecular weight is 573 g/mol. The molecule has 2 aliphatic rings. The Hall–Kier alpha value is -4.57. The molecular weight excluding hydrogens is 544 g/mol. The van der Waals surface area contributed by atoms with Crippen molar-refractivity contribution < 1.29 is 33.6 Å². The van der Waals surface area contributed by atoms with Gasteiger partial charge in [0.05, 0.1) is 35.0 Å². The standard InChI is InChI=1S/C31H28N2O7S/c1-3-12-38-20-7-5-6-18(15-20)27-26(28(34)19-8-11-23-24(16-19)40-14-13-39-23)29(35)30(36)33(27)31-32-22-10-9-21(37-4-2)17-25(22)41-31/h5-11,15-17,27,34H,3-4,12-14H2,1-2H3/b28-26+. The maximum Gasteiger partial charge on any atom is 0.301 e. The Morgan fingerprint density at radius 3 is 2.61 bits per heavy atom. The summed E-state index contributed by atoms with van der Waals surface area (Å²) in [6, 6.07) is 16.7. The van der Waals surface area contributed by atoms with Gasteiger partial charge in [0, 0.05) is 5.56 Å². The van der Waals surface area contributed by atoms with Crippen molar-refractivity contribution in [3.05, 3.63) is 77.4 Å². The molecule has 2 aliphatic heterocycles. The highest BCUT2D eigenvalue weighted by Gasteiger charge is 2.48. The maximum atomic E-state index is 13.7. The van der Waals surface area contributed by atoms with Gasteiger partial charge in [-0.15, -0.1) is 0 Å². The Kier molecular flexibility index (Phi) is 7.23. The zero-order valence-corrected chi connectivity index (χ0v) is 23.4. The zero-order valence-electron chi connectivity index (χ0n) is 22.6. The predicted molar refractivity (Wildman–Crippen MR) is 155 cm³/mol. The third kappa shape index (κ3) is 4.95. The number of anilines is 1. The number of hydrogen-bond donors (Lipinski definition) is 1. The van der Waals surface area contributed by atoms with Crippen LogP contribution in [0.1, 0.15) is 37.4 Å². The predicted octanol–water partition coefficient (Wildman–Crippen LogP) is 5.88. The molecule has 1 N–H and O–H groups in total. The van der Waals surface area contributed by atoms with Gasteiger partial charge < -0.3 is 24.1 Å². The number of hydrogen-bond acceptors (Lipinski definition) is 9. The molecule has 0 bridgehead atoms. The number of carbonyl (C=O) groups is 2. The number of aliphatic hydroxyl groups excluding tert-OH is 1. The Labute approximate surface area is 240 Å². The van der Waals surface area contributed by atoms with E-state index in [1.807, 2.05) is 38.1 Å². The first-order chi connectivity index (χ1) is 20.0. The smallest absolute Gasteiger partial charge is 0.301 e. The van der Waals surface area contributed by atoms with Crippen LogP contribution in [-0.4, -0.2) is 48.2 Å². The molecule has 1 aromatic heterocycles. The van der Waals surface area contributed by atoms with Gasteiger partial charge in [0.1, 0.15) is 30.5 Å². The number of rotatable bonds is 8. The first-order valence-corrected chi connectivity index (χ1v) is 14.3. The molecule has 1 fully saturated rings. The van der Waals surface area contributed by atoms with Crippen molar-refractivity contribution in [3.8, 4) is 23.0 Å². The quantitative estimate of drug-likeness (QED) is 0.158. The number of aliphatic hydroxyl groups is 1. The Bertz CT molecular complexity index is 1680. The minimum absolute atomic E-state index is 0.0476. The van der Waals surface area contributed by atoms with Crippen molar-refractivity contribution in [3.63, 3.8) is 0 Å². The fourth-order valence-corrected chi connectivity index (χ4v) is 5.96. The first-order valence-electron chi connectivity index (χ1n) is 13.5. The van der Waals surface area contributed by atoms with Crippen LogP contribution in [-0.2, 0) is 9.59 Å². The molecule has 41 heavy (non-hydrogen) atoms. The Morgan fingerprint density at radius 1 is 1.00 bits per heavy atom. The van der Waals surface area contributed by atoms with Gasteiger partial charge in [-0.05, 0) is 67.4 Å². The van der Waals surface area contributed by atoms with E-state index in [1.165, 1.54) is 16.2 Å². The molecule has 6 rings (SSSR count). The molecule has 0 spiro atoms. The van der Waals surface area contributed by atoms with Crippen LogP contribution < -0.4 is 23.8 Å². The topological polar surface area (TPSA) is 107 Å². The second-order valence-electron chi connectivity index (χ2n) is 9.51. The monoisotopic (exact) mass is 572 g/mol. The van der Waals surface area contributed by atoms with Crippen molar-refractivity contribution in [2.45, 2.75) is 26.3 Å². The van der Waals surface area contributed by atoms with E-state index in [0.717, 1.165) is 11.1 Å². The molecule has 10 heteroatoms. The molecule has 3 heterocycles. The van der Waals surface area contributed by atoms with Crippen molar-refractivity contribution in [1.29, 1.82) is 0 Å². The van der Waals surface area contributed by atoms with Crippen molar-refractivity contribution in [2.75, 3.05) is 31.3 Å². The lowest BCUT2D eigenvalue weighted by molar-refractivity contribution is -0.132. The summed E-state index contributed by atoms with van der Waals surface area (Å²) in [6.07, 6.45) is 0.822. The molecule has 1 atom stereocenters. The van der Waals surface area contributed by atoms with E-state index >= 15 is 0 Å². The third-order valence-corrected chi connectivity index (χ3v) is 7.79. The largest absolute Gasteiger partial charge is 0.507 e. The summed E-state index contributed by atoms with van der Waals surface area (Å²) in [4.78, 5) is 33.4. The van der Waals surface area contributed by atoms with Crippen LogP contribution in [0.3, 0.4) is 0 Å². The van der Waals surface area contributed by atoms with Gasteiger partial charge in [-0.3, -0.25) is 14.5 Å². The van der Waals surface area contributed by atoms with E-state index in [0.29, 0.717) is 71.2 Å². The number of thiazole rings is 1. The van der Waals surface area contributed by atoms with Crippen molar-refractivity contribution in [2.24, 2.45) is 0 Å². The number of nitrogens with zero attached hydrogens (tertiary/aromatic N) is 2. The number of Topliss-reactive ketones (excluding diaryl/α,β-unsaturated/α-hetero) is 1. The lowest BCUT2D eigenvalue weighted by atomic mass is 9.95. The van der Waals surface area contributed by atoms with Crippen LogP contribution >= 0.6 is 11.3 Å². The SMILES string of the molecule is CCCOc1cccc(C2/C(=C(\O)c3ccc4c(c3)OCCO4)C(=O)C(=O)N2c2nc3ccc(OCC)cc3s2)c1. The number of aromatic nitrogens is 1. The number of amides is 1. The molecule has 1 unspecified atom stereocenters. The highest BCUT2D eigenvalue weighted by atomic mass is 32.1. The van der Waals surface area contributed by atoms with Gasteiger partial charge in [0.2, 0.25) is 0 Å². The number of fused-ring (bicyclic) bond motifs is 2. The fourth-order valence-electron chi connectivity index (χ4n) is 4.94. The molecule has 0 aliphatic carbocycles. The van der Waals surface area contributed by atoms with Crippen LogP contribution in [0.15, 0.2) is 66.2 Å². The van der Waals surface area contributed by atoms with E-state index in [9.17, 15) is 14.7 Å². The highest BCUT2D eigenvalue weighted by molar-refractivity contribution is 7.22. The van der Waals surface area contributed by atoms with E-state index in [4.69, 9.17) is 23.9 Å². The van der Waals surface area contributed by atoms with Crippen LogP contribution in [0.4, 0.5) is 5.13 Å². The second kappa shape index (κ2) is 11.1. The summed E-state index contributed by atoms with van der Waals surface area (Å²) in [7, 11) is 0. The Balaban J connectivity index is 1.50. The Morgan fingerprint density at radius 2 is 1.80 bits per heavy atom. The van der Waals surface area contributed by atoms with Gasteiger partial charge in [-0.2, -0.15) is 0 Å². The van der Waals surface area contributed by atoms with Gasteiger partial charge in [0.15, 0.2) is 16.6 Å².